The smallest absolute Gasteiger partial charge is 0.431 e. The summed E-state index contributed by atoms with van der Waals surface area (Å²) >= 11 is 0. The number of carbonyl (C=O) groups excluding carboxylic acids is 2. The molecule has 0 bridgehead atoms. The molecule has 0 aromatic heterocycles. The van der Waals surface area contributed by atoms with Crippen molar-refractivity contribution < 1.29 is 56.5 Å². The van der Waals surface area contributed by atoms with E-state index in [4.69, 9.17) is 18.9 Å². The molecule has 0 fully saturated rings. The zero-order valence-electron chi connectivity index (χ0n) is 26.8. The van der Waals surface area contributed by atoms with Gasteiger partial charge in [-0.15, -0.1) is 0 Å². The molecule has 0 spiro atoms. The minimum absolute atomic E-state index is 0.0927. The number of nitro groups is 1. The second-order valence-electron chi connectivity index (χ2n) is 10.8. The van der Waals surface area contributed by atoms with Crippen molar-refractivity contribution in [3.8, 4) is 11.5 Å². The van der Waals surface area contributed by atoms with E-state index in [1.54, 1.807) is 24.3 Å². The van der Waals surface area contributed by atoms with Crippen LogP contribution in [-0.4, -0.2) is 87.0 Å². The van der Waals surface area contributed by atoms with Crippen LogP contribution in [0.4, 0.5) is 18.9 Å². The van der Waals surface area contributed by atoms with E-state index in [-0.39, 0.29) is 55.9 Å². The van der Waals surface area contributed by atoms with Gasteiger partial charge < -0.3 is 39.4 Å². The summed E-state index contributed by atoms with van der Waals surface area (Å²) in [7, 11) is 0.877. The number of methoxy groups -OCH3 is 1. The molecular weight excluding hydrogens is 643 g/mol. The van der Waals surface area contributed by atoms with Crippen molar-refractivity contribution in [3.05, 3.63) is 86.7 Å². The van der Waals surface area contributed by atoms with Crippen molar-refractivity contribution in [2.45, 2.75) is 45.0 Å². The molecule has 2 aromatic rings. The molecule has 16 heteroatoms. The van der Waals surface area contributed by atoms with Gasteiger partial charge >= 0.3 is 18.1 Å². The van der Waals surface area contributed by atoms with Crippen LogP contribution in [0, 0.1) is 10.1 Å². The number of carbonyl (C=O) groups is 2. The Hall–Kier alpha value is -4.67. The third kappa shape index (κ3) is 10.7. The number of rotatable bonds is 17. The van der Waals surface area contributed by atoms with Gasteiger partial charge in [0.15, 0.2) is 0 Å². The van der Waals surface area contributed by atoms with E-state index in [0.717, 1.165) is 19.2 Å². The second-order valence-corrected chi connectivity index (χ2v) is 10.8. The third-order valence-electron chi connectivity index (χ3n) is 6.87. The van der Waals surface area contributed by atoms with Crippen molar-refractivity contribution in [1.82, 2.24) is 10.6 Å². The number of nitrogens with one attached hydrogen (secondary N) is 2. The number of halogens is 3. The number of esters is 2. The number of dihydropyridines is 1. The summed E-state index contributed by atoms with van der Waals surface area (Å²) in [4.78, 5) is 36.6. The van der Waals surface area contributed by atoms with Gasteiger partial charge in [0.1, 0.15) is 43.1 Å². The number of aliphatic hydroxyl groups is 1. The van der Waals surface area contributed by atoms with Gasteiger partial charge in [-0.1, -0.05) is 26.0 Å². The topological polar surface area (TPSA) is 168 Å². The fraction of sp³-hybridized carbons (Fsp3) is 0.438. The molecule has 2 atom stereocenters. The van der Waals surface area contributed by atoms with E-state index < -0.39 is 52.0 Å². The first-order valence-electron chi connectivity index (χ1n) is 14.9. The van der Waals surface area contributed by atoms with Crippen LogP contribution in [0.15, 0.2) is 71.1 Å². The van der Waals surface area contributed by atoms with Gasteiger partial charge in [0.25, 0.3) is 5.69 Å². The van der Waals surface area contributed by atoms with Crippen molar-refractivity contribution in [3.63, 3.8) is 0 Å². The van der Waals surface area contributed by atoms with Crippen molar-refractivity contribution in [2.75, 3.05) is 46.7 Å². The molecule has 0 aliphatic carbocycles. The summed E-state index contributed by atoms with van der Waals surface area (Å²) in [5.41, 5.74) is -3.61. The minimum Gasteiger partial charge on any atom is -0.491 e. The molecular formula is C32H38F3N3O10. The highest BCUT2D eigenvalue weighted by Gasteiger charge is 2.47. The molecule has 3 N–H and O–H groups in total. The Balaban J connectivity index is 1.57. The molecule has 1 heterocycles. The average molecular weight is 682 g/mol. The predicted octanol–water partition coefficient (Wildman–Crippen LogP) is 3.92. The van der Waals surface area contributed by atoms with Gasteiger partial charge in [0.05, 0.1) is 42.3 Å². The number of allylic oxidation sites excluding steroid dienone is 2. The first-order valence-corrected chi connectivity index (χ1v) is 14.9. The second kappa shape index (κ2) is 17.5. The summed E-state index contributed by atoms with van der Waals surface area (Å²) in [6, 6.07) is 11.6. The van der Waals surface area contributed by atoms with Crippen LogP contribution in [0.5, 0.6) is 11.5 Å². The fourth-order valence-electron chi connectivity index (χ4n) is 4.65. The van der Waals surface area contributed by atoms with Crippen molar-refractivity contribution >= 4 is 17.6 Å². The van der Waals surface area contributed by atoms with Gasteiger partial charge in [0.2, 0.25) is 0 Å². The normalized spacial score (nSPS) is 15.6. The number of nitrogens with zero attached hydrogens (tertiary/aromatic N) is 1. The SMILES string of the molecule is COC(=O)C1=C(C(F)(F)F)NC(C)=C(C(=O)OCCOCCOc2ccc(OCC(O)CNC(C)C)cc2)C1c1cccc([N+](=O)[O-])c1. The van der Waals surface area contributed by atoms with Crippen molar-refractivity contribution in [2.24, 2.45) is 0 Å². The Morgan fingerprint density at radius 2 is 1.65 bits per heavy atom. The first-order chi connectivity index (χ1) is 22.7. The van der Waals surface area contributed by atoms with Crippen molar-refractivity contribution in [1.29, 1.82) is 0 Å². The number of benzene rings is 2. The quantitative estimate of drug-likeness (QED) is 0.0955. The summed E-state index contributed by atoms with van der Waals surface area (Å²) < 4.78 is 68.7. The van der Waals surface area contributed by atoms with Gasteiger partial charge in [-0.05, 0) is 36.8 Å². The number of ether oxygens (including phenoxy) is 5. The molecule has 3 rings (SSSR count). The summed E-state index contributed by atoms with van der Waals surface area (Å²) in [6.07, 6.45) is -5.72. The third-order valence-corrected chi connectivity index (χ3v) is 6.87. The predicted molar refractivity (Wildman–Crippen MR) is 165 cm³/mol. The Labute approximate surface area is 274 Å². The van der Waals surface area contributed by atoms with E-state index in [9.17, 15) is 38.0 Å². The van der Waals surface area contributed by atoms with E-state index in [1.807, 2.05) is 13.8 Å². The number of aliphatic hydroxyl groups excluding tert-OH is 1. The lowest BCUT2D eigenvalue weighted by Gasteiger charge is -2.31. The monoisotopic (exact) mass is 681 g/mol. The lowest BCUT2D eigenvalue weighted by Crippen LogP contribution is -2.38. The Bertz CT molecular complexity index is 1490. The molecule has 2 unspecified atom stereocenters. The molecule has 0 saturated carbocycles. The van der Waals surface area contributed by atoms with Gasteiger partial charge in [-0.25, -0.2) is 9.59 Å². The molecule has 0 saturated heterocycles. The van der Waals surface area contributed by atoms with Crippen LogP contribution in [-0.2, 0) is 23.8 Å². The summed E-state index contributed by atoms with van der Waals surface area (Å²) in [5, 5.41) is 26.6. The van der Waals surface area contributed by atoms with Gasteiger partial charge in [0, 0.05) is 30.4 Å². The minimum atomic E-state index is -5.06. The summed E-state index contributed by atoms with van der Waals surface area (Å²) in [5.74, 6) is -3.06. The number of nitro benzene ring substituents is 1. The van der Waals surface area contributed by atoms with E-state index in [0.29, 0.717) is 18.0 Å². The summed E-state index contributed by atoms with van der Waals surface area (Å²) in [6.45, 7) is 5.54. The molecule has 0 radical (unpaired) electrons. The van der Waals surface area contributed by atoms with Crippen LogP contribution >= 0.6 is 0 Å². The maximum atomic E-state index is 14.0. The standard InChI is InChI=1S/C32H38F3N3O10/c1-19(2)36-17-23(39)18-48-25-10-8-24(9-11-25)46-14-12-45-13-15-47-31(41)26-20(3)37-29(32(33,34)35)28(30(40)44-4)27(26)21-6-5-7-22(16-21)38(42)43/h5-11,16,19,23,27,36-37,39H,12-15,17-18H2,1-4H3. The lowest BCUT2D eigenvalue weighted by atomic mass is 9.80. The van der Waals surface area contributed by atoms with Crippen LogP contribution in [0.2, 0.25) is 0 Å². The number of hydrogen-bond donors (Lipinski definition) is 3. The van der Waals surface area contributed by atoms with Crippen LogP contribution in [0.1, 0.15) is 32.3 Å². The Kier molecular flexibility index (Phi) is 13.8. The highest BCUT2D eigenvalue weighted by Crippen LogP contribution is 2.44. The van der Waals surface area contributed by atoms with Gasteiger partial charge in [-0.3, -0.25) is 10.1 Å². The highest BCUT2D eigenvalue weighted by molar-refractivity contribution is 6.00. The van der Waals surface area contributed by atoms with Crippen LogP contribution in [0.3, 0.4) is 0 Å². The molecule has 13 nitrogen and oxygen atoms in total. The molecule has 2 aromatic carbocycles. The zero-order valence-corrected chi connectivity index (χ0v) is 26.8. The number of non-ortho nitro benzene ring substituents is 1. The Morgan fingerprint density at radius 3 is 2.25 bits per heavy atom. The largest absolute Gasteiger partial charge is 0.491 e. The molecule has 1 aliphatic rings. The maximum Gasteiger partial charge on any atom is 0.431 e. The fourth-order valence-corrected chi connectivity index (χ4v) is 4.65. The molecule has 0 amide bonds. The zero-order chi connectivity index (χ0) is 35.4. The number of alkyl halides is 3. The number of hydrogen-bond acceptors (Lipinski definition) is 12. The first kappa shape index (κ1) is 37.8. The maximum absolute atomic E-state index is 14.0. The average Bonchev–Trinajstić information content (AvgIpc) is 3.05. The highest BCUT2D eigenvalue weighted by atomic mass is 19.4. The molecule has 1 aliphatic heterocycles. The van der Waals surface area contributed by atoms with E-state index in [1.165, 1.54) is 19.1 Å². The van der Waals surface area contributed by atoms with E-state index in [2.05, 4.69) is 15.4 Å². The van der Waals surface area contributed by atoms with E-state index >= 15 is 0 Å². The molecule has 262 valence electrons. The van der Waals surface area contributed by atoms with Crippen LogP contribution < -0.4 is 20.1 Å². The van der Waals surface area contributed by atoms with Crippen LogP contribution in [0.25, 0.3) is 0 Å². The lowest BCUT2D eigenvalue weighted by molar-refractivity contribution is -0.384. The van der Waals surface area contributed by atoms with Gasteiger partial charge in [-0.2, -0.15) is 13.2 Å². The molecule has 48 heavy (non-hydrogen) atoms. The Morgan fingerprint density at radius 1 is 1.00 bits per heavy atom.